The smallest absolute Gasteiger partial charge is 0.199 e. The molecule has 1 aromatic rings. The largest absolute Gasteiger partial charge is 0.288 e. The zero-order valence-corrected chi connectivity index (χ0v) is 16.4. The van der Waals surface area contributed by atoms with Gasteiger partial charge in [0.2, 0.25) is 0 Å². The first-order chi connectivity index (χ1) is 11.5. The summed E-state index contributed by atoms with van der Waals surface area (Å²) >= 11 is 0. The van der Waals surface area contributed by atoms with Crippen LogP contribution < -0.4 is 0 Å². The summed E-state index contributed by atoms with van der Waals surface area (Å²) in [6.45, 7) is 4.12. The van der Waals surface area contributed by atoms with Gasteiger partial charge in [-0.1, -0.05) is 73.5 Å². The molecule has 0 bridgehead atoms. The van der Waals surface area contributed by atoms with Gasteiger partial charge in [0, 0.05) is 5.25 Å². The van der Waals surface area contributed by atoms with E-state index in [2.05, 4.69) is 22.2 Å². The van der Waals surface area contributed by atoms with E-state index in [1.807, 2.05) is 19.1 Å². The summed E-state index contributed by atoms with van der Waals surface area (Å²) in [7, 11) is -4.12. The monoisotopic (exact) mass is 367 g/mol. The van der Waals surface area contributed by atoms with E-state index in [1.54, 1.807) is 12.1 Å². The molecule has 1 atom stereocenters. The Labute approximate surface area is 149 Å². The fourth-order valence-corrected chi connectivity index (χ4v) is 6.65. The highest BCUT2D eigenvalue weighted by Gasteiger charge is 2.20. The molecule has 1 fully saturated rings. The highest BCUT2D eigenvalue weighted by molar-refractivity contribution is 8.01. The van der Waals surface area contributed by atoms with Gasteiger partial charge in [0.25, 0.3) is 10.0 Å². The Morgan fingerprint density at radius 3 is 2.46 bits per heavy atom. The van der Waals surface area contributed by atoms with Crippen LogP contribution in [0, 0.1) is 6.92 Å². The van der Waals surface area contributed by atoms with Crippen molar-refractivity contribution in [2.75, 3.05) is 0 Å². The van der Waals surface area contributed by atoms with Gasteiger partial charge in [-0.15, -0.1) is 3.77 Å². The molecule has 2 rings (SSSR count). The second-order valence-electron chi connectivity index (χ2n) is 6.48. The van der Waals surface area contributed by atoms with E-state index in [0.717, 1.165) is 37.7 Å². The summed E-state index contributed by atoms with van der Waals surface area (Å²) in [5, 5.41) is 2.45. The standard InChI is InChI=1S/C19H29NO2S2/c1-3-4-5-9-16-23(18-10-7-6-8-11-18)20-24(21,22)19-14-12-17(2)13-15-19/h9,12-16,18H,3-8,10-11H2,1-2H3/b16-9-. The van der Waals surface area contributed by atoms with Crippen LogP contribution in [0.3, 0.4) is 0 Å². The van der Waals surface area contributed by atoms with Crippen LogP contribution in [-0.4, -0.2) is 13.7 Å². The molecular weight excluding hydrogens is 338 g/mol. The molecule has 0 spiro atoms. The zero-order valence-electron chi connectivity index (χ0n) is 14.8. The topological polar surface area (TPSA) is 46.5 Å². The third kappa shape index (κ3) is 5.85. The van der Waals surface area contributed by atoms with Gasteiger partial charge < -0.3 is 0 Å². The molecule has 0 aliphatic heterocycles. The molecule has 0 aromatic heterocycles. The summed E-state index contributed by atoms with van der Waals surface area (Å²) < 4.78 is 29.7. The minimum atomic E-state index is -3.58. The Balaban J connectivity index is 2.27. The highest BCUT2D eigenvalue weighted by Crippen LogP contribution is 2.26. The maximum absolute atomic E-state index is 12.7. The van der Waals surface area contributed by atoms with E-state index < -0.39 is 20.7 Å². The summed E-state index contributed by atoms with van der Waals surface area (Å²) in [5.41, 5.74) is 1.06. The lowest BCUT2D eigenvalue weighted by Crippen LogP contribution is -2.18. The van der Waals surface area contributed by atoms with Crippen molar-refractivity contribution in [1.82, 2.24) is 0 Å². The average molecular weight is 368 g/mol. The van der Waals surface area contributed by atoms with Crippen LogP contribution in [0.25, 0.3) is 0 Å². The van der Waals surface area contributed by atoms with Gasteiger partial charge in [0.15, 0.2) is 0 Å². The second-order valence-corrected chi connectivity index (χ2v) is 10.1. The number of allylic oxidation sites excluding steroid dienone is 1. The molecule has 1 aliphatic carbocycles. The Morgan fingerprint density at radius 1 is 1.17 bits per heavy atom. The predicted molar refractivity (Wildman–Crippen MR) is 104 cm³/mol. The van der Waals surface area contributed by atoms with Crippen molar-refractivity contribution in [2.45, 2.75) is 75.4 Å². The first-order valence-electron chi connectivity index (χ1n) is 8.96. The van der Waals surface area contributed by atoms with E-state index in [-0.39, 0.29) is 0 Å². The van der Waals surface area contributed by atoms with Crippen molar-refractivity contribution in [1.29, 1.82) is 0 Å². The van der Waals surface area contributed by atoms with Crippen molar-refractivity contribution >= 4 is 20.7 Å². The highest BCUT2D eigenvalue weighted by atomic mass is 32.3. The lowest BCUT2D eigenvalue weighted by Gasteiger charge is -2.22. The molecule has 1 saturated carbocycles. The third-order valence-electron chi connectivity index (χ3n) is 4.36. The molecule has 134 valence electrons. The summed E-state index contributed by atoms with van der Waals surface area (Å²) in [5.74, 6) is 0. The van der Waals surface area contributed by atoms with Crippen LogP contribution >= 0.6 is 0 Å². The number of rotatable bonds is 7. The van der Waals surface area contributed by atoms with Gasteiger partial charge in [0.1, 0.15) is 0 Å². The maximum Gasteiger partial charge on any atom is 0.288 e. The van der Waals surface area contributed by atoms with Gasteiger partial charge in [-0.3, -0.25) is 0 Å². The molecule has 0 radical (unpaired) electrons. The Hall–Kier alpha value is -0.940. The van der Waals surface area contributed by atoms with E-state index >= 15 is 0 Å². The Morgan fingerprint density at radius 2 is 1.83 bits per heavy atom. The van der Waals surface area contributed by atoms with E-state index in [1.165, 1.54) is 19.3 Å². The third-order valence-corrected chi connectivity index (χ3v) is 8.32. The zero-order chi connectivity index (χ0) is 17.4. The van der Waals surface area contributed by atoms with Gasteiger partial charge in [-0.05, 0) is 43.7 Å². The number of benzene rings is 1. The SMILES string of the molecule is CCCC/C=C\S(=N\S(=O)(=O)c1ccc(C)cc1)C1CCCCC1. The van der Waals surface area contributed by atoms with Crippen molar-refractivity contribution in [3.63, 3.8) is 0 Å². The maximum atomic E-state index is 12.7. The number of nitrogens with zero attached hydrogens (tertiary/aromatic N) is 1. The van der Waals surface area contributed by atoms with Crippen LogP contribution in [0.4, 0.5) is 0 Å². The van der Waals surface area contributed by atoms with Crippen LogP contribution in [0.5, 0.6) is 0 Å². The molecule has 0 saturated heterocycles. The van der Waals surface area contributed by atoms with E-state index in [4.69, 9.17) is 0 Å². The number of sulfonamides is 1. The van der Waals surface area contributed by atoms with Crippen LogP contribution in [0.2, 0.25) is 0 Å². The second kappa shape index (κ2) is 9.52. The molecule has 1 aromatic carbocycles. The molecular formula is C19H29NO2S2. The Kier molecular flexibility index (Phi) is 7.69. The van der Waals surface area contributed by atoms with Crippen molar-refractivity contribution < 1.29 is 8.42 Å². The van der Waals surface area contributed by atoms with Crippen molar-refractivity contribution in [3.8, 4) is 0 Å². The van der Waals surface area contributed by atoms with Crippen LogP contribution in [0.1, 0.15) is 63.9 Å². The summed E-state index contributed by atoms with van der Waals surface area (Å²) in [6, 6.07) is 6.99. The fourth-order valence-electron chi connectivity index (χ4n) is 2.86. The van der Waals surface area contributed by atoms with Gasteiger partial charge in [-0.2, -0.15) is 8.42 Å². The minimum absolute atomic E-state index is 0.309. The average Bonchev–Trinajstić information content (AvgIpc) is 2.59. The summed E-state index contributed by atoms with van der Waals surface area (Å²) in [4.78, 5) is 0.309. The number of hydrogen-bond donors (Lipinski definition) is 0. The van der Waals surface area contributed by atoms with Gasteiger partial charge >= 0.3 is 0 Å². The molecule has 1 unspecified atom stereocenters. The first-order valence-corrected chi connectivity index (χ1v) is 11.7. The first kappa shape index (κ1) is 19.4. The van der Waals surface area contributed by atoms with Gasteiger partial charge in [0.05, 0.1) is 4.90 Å². The molecule has 24 heavy (non-hydrogen) atoms. The lowest BCUT2D eigenvalue weighted by molar-refractivity contribution is 0.515. The Bertz CT molecular complexity index is 670. The normalized spacial score (nSPS) is 18.2. The van der Waals surface area contributed by atoms with Crippen LogP contribution in [0.15, 0.2) is 44.4 Å². The molecule has 0 amide bonds. The number of aryl methyl sites for hydroxylation is 1. The fraction of sp³-hybridized carbons (Fsp3) is 0.579. The number of hydrogen-bond acceptors (Lipinski definition) is 2. The van der Waals surface area contributed by atoms with Crippen molar-refractivity contribution in [2.24, 2.45) is 3.77 Å². The molecule has 5 heteroatoms. The van der Waals surface area contributed by atoms with Crippen molar-refractivity contribution in [3.05, 3.63) is 41.3 Å². The van der Waals surface area contributed by atoms with Gasteiger partial charge in [-0.25, -0.2) is 0 Å². The molecule has 1 aliphatic rings. The predicted octanol–water partition coefficient (Wildman–Crippen LogP) is 5.52. The molecule has 0 heterocycles. The summed E-state index contributed by atoms with van der Waals surface area (Å²) in [6.07, 6.45) is 11.3. The molecule has 3 nitrogen and oxygen atoms in total. The van der Waals surface area contributed by atoms with E-state index in [9.17, 15) is 8.42 Å². The quantitative estimate of drug-likeness (QED) is 0.595. The van der Waals surface area contributed by atoms with E-state index in [0.29, 0.717) is 10.1 Å². The minimum Gasteiger partial charge on any atom is -0.199 e. The lowest BCUT2D eigenvalue weighted by atomic mass is 10.0. The molecule has 0 N–H and O–H groups in total. The number of unbranched alkanes of at least 4 members (excludes halogenated alkanes) is 2. The van der Waals surface area contributed by atoms with Crippen LogP contribution in [-0.2, 0) is 20.7 Å².